The van der Waals surface area contributed by atoms with Gasteiger partial charge in [0.1, 0.15) is 6.61 Å². The summed E-state index contributed by atoms with van der Waals surface area (Å²) in [5.41, 5.74) is 6.47. The van der Waals surface area contributed by atoms with Gasteiger partial charge < -0.3 is 25.0 Å². The predicted octanol–water partition coefficient (Wildman–Crippen LogP) is 0.905. The van der Waals surface area contributed by atoms with E-state index in [2.05, 4.69) is 4.98 Å². The Labute approximate surface area is 146 Å². The van der Waals surface area contributed by atoms with Crippen molar-refractivity contribution >= 4 is 28.5 Å². The van der Waals surface area contributed by atoms with Gasteiger partial charge in [0, 0.05) is 26.4 Å². The van der Waals surface area contributed by atoms with Gasteiger partial charge in [0.2, 0.25) is 0 Å². The highest BCUT2D eigenvalue weighted by molar-refractivity contribution is 5.97. The molecule has 8 nitrogen and oxygen atoms in total. The van der Waals surface area contributed by atoms with Gasteiger partial charge in [-0.15, -0.1) is 0 Å². The van der Waals surface area contributed by atoms with E-state index >= 15 is 0 Å². The van der Waals surface area contributed by atoms with Gasteiger partial charge in [0.25, 0.3) is 11.8 Å². The van der Waals surface area contributed by atoms with Crippen LogP contribution in [0.5, 0.6) is 0 Å². The summed E-state index contributed by atoms with van der Waals surface area (Å²) in [6.07, 6.45) is 0.437. The number of hydrogen-bond acceptors (Lipinski definition) is 5. The highest BCUT2D eigenvalue weighted by atomic mass is 16.5. The number of fused-ring (bicyclic) bond motifs is 1. The number of aromatic nitrogens is 2. The van der Waals surface area contributed by atoms with Crippen LogP contribution < -0.4 is 10.6 Å². The normalized spacial score (nSPS) is 11.7. The molecule has 0 saturated heterocycles. The lowest BCUT2D eigenvalue weighted by Gasteiger charge is -2.18. The number of aryl methyl sites for hydroxylation is 1. The van der Waals surface area contributed by atoms with Crippen LogP contribution in [0, 0.1) is 0 Å². The second-order valence-electron chi connectivity index (χ2n) is 6.57. The first-order chi connectivity index (χ1) is 11.6. The second kappa shape index (κ2) is 7.20. The van der Waals surface area contributed by atoms with Crippen LogP contribution in [0.3, 0.4) is 0 Å². The van der Waals surface area contributed by atoms with E-state index in [0.717, 1.165) is 5.52 Å². The number of rotatable bonds is 7. The number of carbonyl (C=O) groups excluding carboxylic acids is 2. The van der Waals surface area contributed by atoms with Gasteiger partial charge in [-0.25, -0.2) is 4.98 Å². The molecule has 0 atom stereocenters. The third-order valence-corrected chi connectivity index (χ3v) is 3.93. The van der Waals surface area contributed by atoms with Crippen LogP contribution in [0.25, 0.3) is 11.0 Å². The van der Waals surface area contributed by atoms with Crippen LogP contribution >= 0.6 is 0 Å². The fourth-order valence-electron chi connectivity index (χ4n) is 2.49. The molecule has 0 saturated carbocycles. The summed E-state index contributed by atoms with van der Waals surface area (Å²) < 4.78 is 6.55. The van der Waals surface area contributed by atoms with Crippen LogP contribution in [0.1, 0.15) is 30.9 Å². The molecule has 2 aromatic rings. The minimum absolute atomic E-state index is 0.0267. The summed E-state index contributed by atoms with van der Waals surface area (Å²) >= 11 is 0. The van der Waals surface area contributed by atoms with Gasteiger partial charge in [-0.2, -0.15) is 0 Å². The van der Waals surface area contributed by atoms with Gasteiger partial charge in [-0.3, -0.25) is 9.59 Å². The third kappa shape index (κ3) is 4.34. The first kappa shape index (κ1) is 18.9. The maximum absolute atomic E-state index is 11.9. The zero-order chi connectivity index (χ0) is 18.8. The van der Waals surface area contributed by atoms with E-state index < -0.39 is 11.5 Å². The van der Waals surface area contributed by atoms with E-state index in [9.17, 15) is 14.7 Å². The summed E-state index contributed by atoms with van der Waals surface area (Å²) in [5.74, 6) is -0.710. The van der Waals surface area contributed by atoms with Gasteiger partial charge in [-0.05, 0) is 38.5 Å². The number of nitrogens with two attached hydrogens (primary N) is 1. The molecule has 0 aliphatic rings. The monoisotopic (exact) mass is 348 g/mol. The van der Waals surface area contributed by atoms with Crippen molar-refractivity contribution in [3.8, 4) is 0 Å². The third-order valence-electron chi connectivity index (χ3n) is 3.93. The fraction of sp³-hybridized carbons (Fsp3) is 0.471. The number of anilines is 1. The molecule has 1 aromatic carbocycles. The lowest BCUT2D eigenvalue weighted by atomic mass is 10.1. The number of nitrogens with zero attached hydrogens (tertiary/aromatic N) is 3. The van der Waals surface area contributed by atoms with Crippen molar-refractivity contribution in [3.63, 3.8) is 0 Å². The summed E-state index contributed by atoms with van der Waals surface area (Å²) in [6.45, 7) is 3.77. The molecular weight excluding hydrogens is 324 g/mol. The quantitative estimate of drug-likeness (QED) is 0.772. The summed E-state index contributed by atoms with van der Waals surface area (Å²) in [7, 11) is 3.10. The minimum Gasteiger partial charge on any atom is -0.390 e. The van der Waals surface area contributed by atoms with E-state index in [-0.39, 0.29) is 18.3 Å². The number of benzene rings is 1. The SMILES string of the molecule is COCC(=O)N(C)c1ccc2c(c1)nc(C(N)=O)n2CCC(C)(C)O. The molecule has 0 fully saturated rings. The molecule has 8 heteroatoms. The van der Waals surface area contributed by atoms with Crippen LogP contribution in [-0.2, 0) is 16.1 Å². The first-order valence-electron chi connectivity index (χ1n) is 7.92. The highest BCUT2D eigenvalue weighted by Gasteiger charge is 2.20. The van der Waals surface area contributed by atoms with Crippen LogP contribution in [0.15, 0.2) is 18.2 Å². The number of primary amides is 1. The molecule has 1 aromatic heterocycles. The Morgan fingerprint density at radius 2 is 2.08 bits per heavy atom. The maximum Gasteiger partial charge on any atom is 0.284 e. The molecule has 2 amide bonds. The van der Waals surface area contributed by atoms with Crippen LogP contribution in [0.4, 0.5) is 5.69 Å². The van der Waals surface area contributed by atoms with E-state index in [1.165, 1.54) is 12.0 Å². The zero-order valence-corrected chi connectivity index (χ0v) is 14.9. The Morgan fingerprint density at radius 1 is 1.40 bits per heavy atom. The average Bonchev–Trinajstić information content (AvgIpc) is 2.89. The summed E-state index contributed by atoms with van der Waals surface area (Å²) in [5, 5.41) is 9.94. The van der Waals surface area contributed by atoms with Gasteiger partial charge in [-0.1, -0.05) is 0 Å². The first-order valence-corrected chi connectivity index (χ1v) is 7.92. The van der Waals surface area contributed by atoms with Crippen LogP contribution in [-0.4, -0.2) is 52.8 Å². The lowest BCUT2D eigenvalue weighted by molar-refractivity contribution is -0.121. The van der Waals surface area contributed by atoms with Gasteiger partial charge in [0.15, 0.2) is 5.82 Å². The average molecular weight is 348 g/mol. The smallest absolute Gasteiger partial charge is 0.284 e. The number of ether oxygens (including phenoxy) is 1. The highest BCUT2D eigenvalue weighted by Crippen LogP contribution is 2.24. The maximum atomic E-state index is 11.9. The molecule has 0 radical (unpaired) electrons. The molecule has 0 spiro atoms. The number of hydrogen-bond donors (Lipinski definition) is 2. The van der Waals surface area contributed by atoms with E-state index in [4.69, 9.17) is 10.5 Å². The van der Waals surface area contributed by atoms with Crippen molar-refractivity contribution in [2.45, 2.75) is 32.4 Å². The van der Waals surface area contributed by atoms with Gasteiger partial charge >= 0.3 is 0 Å². The van der Waals surface area contributed by atoms with Crippen molar-refractivity contribution in [1.82, 2.24) is 9.55 Å². The topological polar surface area (TPSA) is 111 Å². The Hall–Kier alpha value is -2.45. The van der Waals surface area contributed by atoms with E-state index in [1.807, 2.05) is 0 Å². The van der Waals surface area contributed by atoms with Gasteiger partial charge in [0.05, 0.1) is 16.6 Å². The molecule has 1 heterocycles. The standard InChI is InChI=1S/C17H24N4O4/c1-17(2,24)7-8-21-13-6-5-11(20(3)14(22)10-25-4)9-12(13)19-16(21)15(18)23/h5-6,9,24H,7-8,10H2,1-4H3,(H2,18,23). The predicted molar refractivity (Wildman–Crippen MR) is 94.5 cm³/mol. The summed E-state index contributed by atoms with van der Waals surface area (Å²) in [6, 6.07) is 5.27. The number of imidazole rings is 1. The van der Waals surface area contributed by atoms with Crippen molar-refractivity contribution in [3.05, 3.63) is 24.0 Å². The van der Waals surface area contributed by atoms with Crippen molar-refractivity contribution < 1.29 is 19.4 Å². The number of likely N-dealkylation sites (N-methyl/N-ethyl adjacent to an activating group) is 1. The second-order valence-corrected chi connectivity index (χ2v) is 6.57. The Bertz CT molecular complexity index is 792. The summed E-state index contributed by atoms with van der Waals surface area (Å²) in [4.78, 5) is 29.4. The molecule has 0 unspecified atom stereocenters. The molecule has 0 aliphatic heterocycles. The van der Waals surface area contributed by atoms with E-state index in [0.29, 0.717) is 24.2 Å². The van der Waals surface area contributed by atoms with Crippen LogP contribution in [0.2, 0.25) is 0 Å². The molecule has 2 rings (SSSR count). The molecule has 0 bridgehead atoms. The number of methoxy groups -OCH3 is 1. The van der Waals surface area contributed by atoms with E-state index in [1.54, 1.807) is 43.7 Å². The zero-order valence-electron chi connectivity index (χ0n) is 14.9. The fourth-order valence-corrected chi connectivity index (χ4v) is 2.49. The minimum atomic E-state index is -0.877. The molecule has 136 valence electrons. The molecule has 3 N–H and O–H groups in total. The largest absolute Gasteiger partial charge is 0.390 e. The lowest BCUT2D eigenvalue weighted by Crippen LogP contribution is -2.29. The number of aliphatic hydroxyl groups is 1. The molecular formula is C17H24N4O4. The van der Waals surface area contributed by atoms with Crippen molar-refractivity contribution in [2.24, 2.45) is 5.73 Å². The molecule has 0 aliphatic carbocycles. The molecule has 25 heavy (non-hydrogen) atoms. The van der Waals surface area contributed by atoms with Crippen molar-refractivity contribution in [1.29, 1.82) is 0 Å². The Morgan fingerprint density at radius 3 is 2.64 bits per heavy atom. The Balaban J connectivity index is 2.43. The van der Waals surface area contributed by atoms with Crippen molar-refractivity contribution in [2.75, 3.05) is 25.7 Å². The number of carbonyl (C=O) groups is 2. The number of amides is 2. The Kier molecular flexibility index (Phi) is 5.44.